The lowest BCUT2D eigenvalue weighted by atomic mass is 10.2. The summed E-state index contributed by atoms with van der Waals surface area (Å²) < 4.78 is 45.4. The number of nitrogens with zero attached hydrogens (tertiary/aromatic N) is 1. The number of thiocarbonyl (C=S) groups is 1. The lowest BCUT2D eigenvalue weighted by Crippen LogP contribution is -2.20. The third-order valence-corrected chi connectivity index (χ3v) is 2.48. The van der Waals surface area contributed by atoms with Crippen LogP contribution in [0.25, 0.3) is 0 Å². The number of carbonyl (C=O) groups is 1. The second-order valence-corrected chi connectivity index (χ2v) is 4.65. The standard InChI is InChI=1S/C13H14F3NO3S/c1-2-19-12(18)7-10(21)6-9-4-3-5-11(17-9)20-8-13(14,15)16/h3-5H,2,6-8H2,1H3. The quantitative estimate of drug-likeness (QED) is 0.571. The van der Waals surface area contributed by atoms with Crippen LogP contribution in [-0.4, -0.2) is 35.2 Å². The summed E-state index contributed by atoms with van der Waals surface area (Å²) in [6, 6.07) is 4.43. The summed E-state index contributed by atoms with van der Waals surface area (Å²) in [6.45, 7) is 0.543. The van der Waals surface area contributed by atoms with Crippen LogP contribution in [0.4, 0.5) is 13.2 Å². The van der Waals surface area contributed by atoms with E-state index in [2.05, 4.69) is 9.72 Å². The first-order valence-corrected chi connectivity index (χ1v) is 6.54. The molecule has 0 aliphatic carbocycles. The van der Waals surface area contributed by atoms with Crippen LogP contribution in [0, 0.1) is 0 Å². The van der Waals surface area contributed by atoms with Crippen molar-refractivity contribution in [2.24, 2.45) is 0 Å². The summed E-state index contributed by atoms with van der Waals surface area (Å²) in [5, 5.41) is 0. The number of halogens is 3. The molecule has 0 radical (unpaired) electrons. The summed E-state index contributed by atoms with van der Waals surface area (Å²) in [6.07, 6.45) is -4.26. The fourth-order valence-electron chi connectivity index (χ4n) is 1.43. The number of carbonyl (C=O) groups excluding carboxylic acids is 1. The molecule has 4 nitrogen and oxygen atoms in total. The maximum absolute atomic E-state index is 12.0. The topological polar surface area (TPSA) is 48.4 Å². The molecule has 0 unspecified atom stereocenters. The van der Waals surface area contributed by atoms with Gasteiger partial charge in [0, 0.05) is 23.0 Å². The van der Waals surface area contributed by atoms with E-state index in [0.29, 0.717) is 10.6 Å². The number of pyridine rings is 1. The Balaban J connectivity index is 2.56. The zero-order chi connectivity index (χ0) is 15.9. The molecule has 0 spiro atoms. The summed E-state index contributed by atoms with van der Waals surface area (Å²) in [4.78, 5) is 15.5. The van der Waals surface area contributed by atoms with Gasteiger partial charge in [0.2, 0.25) is 5.88 Å². The average molecular weight is 321 g/mol. The Bertz CT molecular complexity index is 506. The highest BCUT2D eigenvalue weighted by Gasteiger charge is 2.28. The minimum absolute atomic E-state index is 0.0293. The van der Waals surface area contributed by atoms with E-state index in [1.807, 2.05) is 0 Å². The summed E-state index contributed by atoms with van der Waals surface area (Å²) in [5.41, 5.74) is 0.434. The molecule has 116 valence electrons. The van der Waals surface area contributed by atoms with Gasteiger partial charge in [-0.05, 0) is 13.0 Å². The Morgan fingerprint density at radius 3 is 2.71 bits per heavy atom. The molecule has 21 heavy (non-hydrogen) atoms. The summed E-state index contributed by atoms with van der Waals surface area (Å²) in [7, 11) is 0. The van der Waals surface area contributed by atoms with Gasteiger partial charge in [0.25, 0.3) is 0 Å². The van der Waals surface area contributed by atoms with E-state index in [4.69, 9.17) is 17.0 Å². The molecular weight excluding hydrogens is 307 g/mol. The third kappa shape index (κ3) is 7.60. The fourth-order valence-corrected chi connectivity index (χ4v) is 1.70. The molecule has 0 bridgehead atoms. The van der Waals surface area contributed by atoms with Crippen LogP contribution in [0.1, 0.15) is 19.0 Å². The van der Waals surface area contributed by atoms with E-state index in [-0.39, 0.29) is 25.3 Å². The predicted octanol–water partition coefficient (Wildman–Crippen LogP) is 2.89. The minimum Gasteiger partial charge on any atom is -0.468 e. The van der Waals surface area contributed by atoms with E-state index in [0.717, 1.165) is 0 Å². The molecule has 1 heterocycles. The van der Waals surface area contributed by atoms with E-state index >= 15 is 0 Å². The van der Waals surface area contributed by atoms with Crippen LogP contribution >= 0.6 is 12.2 Å². The molecule has 0 aromatic carbocycles. The third-order valence-electron chi connectivity index (χ3n) is 2.19. The lowest BCUT2D eigenvalue weighted by Gasteiger charge is -2.09. The molecule has 0 atom stereocenters. The zero-order valence-electron chi connectivity index (χ0n) is 11.3. The maximum Gasteiger partial charge on any atom is 0.422 e. The number of alkyl halides is 3. The number of hydrogen-bond donors (Lipinski definition) is 0. The Labute approximate surface area is 125 Å². The largest absolute Gasteiger partial charge is 0.468 e. The van der Waals surface area contributed by atoms with E-state index < -0.39 is 18.8 Å². The normalized spacial score (nSPS) is 11.0. The lowest BCUT2D eigenvalue weighted by molar-refractivity contribution is -0.154. The van der Waals surface area contributed by atoms with Crippen molar-refractivity contribution >= 4 is 23.1 Å². The van der Waals surface area contributed by atoms with Crippen molar-refractivity contribution in [2.75, 3.05) is 13.2 Å². The number of ether oxygens (including phenoxy) is 2. The summed E-state index contributed by atoms with van der Waals surface area (Å²) >= 11 is 5.03. The SMILES string of the molecule is CCOC(=O)CC(=S)Cc1cccc(OCC(F)(F)F)n1. The van der Waals surface area contributed by atoms with Gasteiger partial charge in [0.05, 0.1) is 13.0 Å². The smallest absolute Gasteiger partial charge is 0.422 e. The molecule has 0 saturated carbocycles. The van der Waals surface area contributed by atoms with Crippen molar-refractivity contribution in [1.82, 2.24) is 4.98 Å². The molecule has 8 heteroatoms. The molecule has 1 aromatic rings. The second-order valence-electron chi connectivity index (χ2n) is 4.07. The van der Waals surface area contributed by atoms with Gasteiger partial charge in [-0.2, -0.15) is 13.2 Å². The van der Waals surface area contributed by atoms with Crippen LogP contribution in [0.2, 0.25) is 0 Å². The van der Waals surface area contributed by atoms with Crippen molar-refractivity contribution in [3.63, 3.8) is 0 Å². The molecule has 0 saturated heterocycles. The van der Waals surface area contributed by atoms with Crippen molar-refractivity contribution < 1.29 is 27.4 Å². The van der Waals surface area contributed by atoms with Crippen molar-refractivity contribution in [3.8, 4) is 5.88 Å². The monoisotopic (exact) mass is 321 g/mol. The number of rotatable bonds is 7. The molecular formula is C13H14F3NO3S. The van der Waals surface area contributed by atoms with Crippen LogP contribution < -0.4 is 4.74 Å². The van der Waals surface area contributed by atoms with Gasteiger partial charge in [-0.25, -0.2) is 4.98 Å². The van der Waals surface area contributed by atoms with Gasteiger partial charge >= 0.3 is 12.1 Å². The Hall–Kier alpha value is -1.70. The van der Waals surface area contributed by atoms with Crippen molar-refractivity contribution in [3.05, 3.63) is 23.9 Å². The second kappa shape index (κ2) is 7.92. The van der Waals surface area contributed by atoms with E-state index in [1.165, 1.54) is 12.1 Å². The molecule has 0 aliphatic rings. The van der Waals surface area contributed by atoms with Gasteiger partial charge < -0.3 is 9.47 Å². The number of esters is 1. The zero-order valence-corrected chi connectivity index (χ0v) is 12.1. The van der Waals surface area contributed by atoms with Crippen LogP contribution in [0.15, 0.2) is 18.2 Å². The van der Waals surface area contributed by atoms with Crippen LogP contribution in [-0.2, 0) is 16.0 Å². The Morgan fingerprint density at radius 1 is 1.38 bits per heavy atom. The molecule has 0 N–H and O–H groups in total. The Kier molecular flexibility index (Phi) is 6.54. The van der Waals surface area contributed by atoms with Gasteiger partial charge in [0.15, 0.2) is 6.61 Å². The Morgan fingerprint density at radius 2 is 2.10 bits per heavy atom. The van der Waals surface area contributed by atoms with Gasteiger partial charge in [-0.3, -0.25) is 4.79 Å². The fraction of sp³-hybridized carbons (Fsp3) is 0.462. The van der Waals surface area contributed by atoms with Crippen molar-refractivity contribution in [1.29, 1.82) is 0 Å². The molecule has 1 rings (SSSR count). The van der Waals surface area contributed by atoms with Crippen LogP contribution in [0.5, 0.6) is 5.88 Å². The van der Waals surface area contributed by atoms with Gasteiger partial charge in [-0.1, -0.05) is 18.3 Å². The van der Waals surface area contributed by atoms with Crippen LogP contribution in [0.3, 0.4) is 0 Å². The van der Waals surface area contributed by atoms with Gasteiger partial charge in [0.1, 0.15) is 0 Å². The highest BCUT2D eigenvalue weighted by molar-refractivity contribution is 7.80. The molecule has 0 amide bonds. The maximum atomic E-state index is 12.0. The van der Waals surface area contributed by atoms with Gasteiger partial charge in [-0.15, -0.1) is 0 Å². The summed E-state index contributed by atoms with van der Waals surface area (Å²) in [5.74, 6) is -0.573. The first-order chi connectivity index (χ1) is 9.80. The predicted molar refractivity (Wildman–Crippen MR) is 73.3 cm³/mol. The number of hydrogen-bond acceptors (Lipinski definition) is 5. The van der Waals surface area contributed by atoms with E-state index in [1.54, 1.807) is 13.0 Å². The first-order valence-electron chi connectivity index (χ1n) is 6.13. The average Bonchev–Trinajstić information content (AvgIpc) is 2.36. The molecule has 0 aliphatic heterocycles. The van der Waals surface area contributed by atoms with Crippen molar-refractivity contribution in [2.45, 2.75) is 25.9 Å². The highest BCUT2D eigenvalue weighted by atomic mass is 32.1. The molecule has 0 fully saturated rings. The minimum atomic E-state index is -4.42. The highest BCUT2D eigenvalue weighted by Crippen LogP contribution is 2.17. The van der Waals surface area contributed by atoms with E-state index in [9.17, 15) is 18.0 Å². The number of aromatic nitrogens is 1. The first kappa shape index (κ1) is 17.4. The molecule has 1 aromatic heterocycles.